The lowest BCUT2D eigenvalue weighted by molar-refractivity contribution is -0.143. The van der Waals surface area contributed by atoms with Gasteiger partial charge < -0.3 is 10.2 Å². The average Bonchev–Trinajstić information content (AvgIpc) is 2.79. The molecule has 3 nitrogen and oxygen atoms in total. The first kappa shape index (κ1) is 7.80. The summed E-state index contributed by atoms with van der Waals surface area (Å²) in [7, 11) is 0. The van der Waals surface area contributed by atoms with Gasteiger partial charge in [0.05, 0.1) is 0 Å². The molecule has 0 radical (unpaired) electrons. The molecule has 2 saturated heterocycles. The van der Waals surface area contributed by atoms with Gasteiger partial charge in [-0.2, -0.15) is 0 Å². The number of carbonyl (C=O) groups is 1. The molecule has 2 heterocycles. The highest BCUT2D eigenvalue weighted by Crippen LogP contribution is 2.40. The van der Waals surface area contributed by atoms with Crippen LogP contribution in [-0.4, -0.2) is 37.0 Å². The Kier molecular flexibility index (Phi) is 1.48. The summed E-state index contributed by atoms with van der Waals surface area (Å²) >= 11 is 0. The van der Waals surface area contributed by atoms with E-state index < -0.39 is 0 Å². The second-order valence-corrected chi connectivity index (χ2v) is 4.90. The molecule has 1 amide bonds. The van der Waals surface area contributed by atoms with Gasteiger partial charge in [0.15, 0.2) is 0 Å². The van der Waals surface area contributed by atoms with Crippen molar-refractivity contribution < 1.29 is 4.79 Å². The molecule has 0 aromatic heterocycles. The zero-order valence-corrected chi connectivity index (χ0v) is 7.88. The minimum atomic E-state index is 0.409. The predicted octanol–water partition coefficient (Wildman–Crippen LogP) is 0.218. The molecule has 13 heavy (non-hydrogen) atoms. The third kappa shape index (κ3) is 1.17. The molecule has 3 rings (SSSR count). The van der Waals surface area contributed by atoms with Gasteiger partial charge in [0.2, 0.25) is 5.91 Å². The number of hydrogen-bond donors (Lipinski definition) is 1. The van der Waals surface area contributed by atoms with E-state index in [1.54, 1.807) is 0 Å². The van der Waals surface area contributed by atoms with E-state index in [1.165, 1.54) is 6.42 Å². The summed E-state index contributed by atoms with van der Waals surface area (Å²) in [6.07, 6.45) is 3.54. The molecule has 1 aliphatic carbocycles. The van der Waals surface area contributed by atoms with Crippen LogP contribution in [0.25, 0.3) is 0 Å². The van der Waals surface area contributed by atoms with Crippen molar-refractivity contribution in [2.75, 3.05) is 26.2 Å². The van der Waals surface area contributed by atoms with Gasteiger partial charge in [0, 0.05) is 31.0 Å². The number of carbonyl (C=O) groups excluding carboxylic acids is 1. The fourth-order valence-corrected chi connectivity index (χ4v) is 2.57. The summed E-state index contributed by atoms with van der Waals surface area (Å²) in [5.74, 6) is 0.837. The van der Waals surface area contributed by atoms with Gasteiger partial charge in [-0.05, 0) is 25.8 Å². The summed E-state index contributed by atoms with van der Waals surface area (Å²) in [6.45, 7) is 4.32. The summed E-state index contributed by atoms with van der Waals surface area (Å²) in [4.78, 5) is 13.7. The van der Waals surface area contributed by atoms with E-state index in [2.05, 4.69) is 10.2 Å². The van der Waals surface area contributed by atoms with E-state index in [1.807, 2.05) is 0 Å². The van der Waals surface area contributed by atoms with Crippen molar-refractivity contribution in [3.8, 4) is 0 Å². The fourth-order valence-electron chi connectivity index (χ4n) is 2.57. The number of nitrogens with one attached hydrogen (secondary N) is 1. The van der Waals surface area contributed by atoms with Crippen LogP contribution in [0, 0.1) is 11.3 Å². The van der Waals surface area contributed by atoms with Crippen molar-refractivity contribution in [3.63, 3.8) is 0 Å². The molecular weight excluding hydrogens is 164 g/mol. The number of hydrogen-bond acceptors (Lipinski definition) is 2. The van der Waals surface area contributed by atoms with Gasteiger partial charge in [-0.1, -0.05) is 0 Å². The van der Waals surface area contributed by atoms with Gasteiger partial charge >= 0.3 is 0 Å². The summed E-state index contributed by atoms with van der Waals surface area (Å²) in [5, 5.41) is 3.38. The van der Waals surface area contributed by atoms with Crippen LogP contribution in [0.15, 0.2) is 0 Å². The molecule has 72 valence electrons. The maximum absolute atomic E-state index is 11.6. The molecule has 0 aromatic rings. The average molecular weight is 180 g/mol. The van der Waals surface area contributed by atoms with E-state index in [-0.39, 0.29) is 0 Å². The number of likely N-dealkylation sites (tertiary alicyclic amines) is 1. The molecule has 1 saturated carbocycles. The highest BCUT2D eigenvalue weighted by atomic mass is 16.2. The minimum Gasteiger partial charge on any atom is -0.341 e. The van der Waals surface area contributed by atoms with Crippen LogP contribution in [0.5, 0.6) is 0 Å². The Hall–Kier alpha value is -0.570. The second-order valence-electron chi connectivity index (χ2n) is 4.90. The highest BCUT2D eigenvalue weighted by Gasteiger charge is 2.49. The normalized spacial score (nSPS) is 30.6. The molecule has 1 N–H and O–H groups in total. The van der Waals surface area contributed by atoms with Gasteiger partial charge in [0.1, 0.15) is 0 Å². The van der Waals surface area contributed by atoms with Crippen LogP contribution >= 0.6 is 0 Å². The van der Waals surface area contributed by atoms with Crippen molar-refractivity contribution in [2.45, 2.75) is 19.3 Å². The van der Waals surface area contributed by atoms with E-state index in [0.29, 0.717) is 17.2 Å². The molecular formula is C10H16N2O. The van der Waals surface area contributed by atoms with Gasteiger partial charge in [-0.25, -0.2) is 0 Å². The Bertz CT molecular complexity index is 233. The SMILES string of the molecule is O=C(C1CC1)N1CC2(CCNC2)C1. The Morgan fingerprint density at radius 2 is 2.15 bits per heavy atom. The third-order valence-electron chi connectivity index (χ3n) is 3.62. The number of amides is 1. The molecule has 3 aliphatic rings. The Morgan fingerprint density at radius 1 is 1.38 bits per heavy atom. The molecule has 2 aliphatic heterocycles. The zero-order valence-electron chi connectivity index (χ0n) is 7.88. The quantitative estimate of drug-likeness (QED) is 0.626. The fraction of sp³-hybridized carbons (Fsp3) is 0.900. The zero-order chi connectivity index (χ0) is 8.89. The highest BCUT2D eigenvalue weighted by molar-refractivity contribution is 5.82. The van der Waals surface area contributed by atoms with Crippen LogP contribution < -0.4 is 5.32 Å². The molecule has 1 spiro atoms. The first-order chi connectivity index (χ1) is 6.29. The molecule has 3 fully saturated rings. The van der Waals surface area contributed by atoms with Crippen LogP contribution in [0.1, 0.15) is 19.3 Å². The first-order valence-corrected chi connectivity index (χ1v) is 5.29. The van der Waals surface area contributed by atoms with Gasteiger partial charge in [-0.15, -0.1) is 0 Å². The topological polar surface area (TPSA) is 32.3 Å². The number of rotatable bonds is 1. The van der Waals surface area contributed by atoms with Crippen LogP contribution in [0.2, 0.25) is 0 Å². The third-order valence-corrected chi connectivity index (χ3v) is 3.62. The maximum atomic E-state index is 11.6. The van der Waals surface area contributed by atoms with Crippen molar-refractivity contribution in [2.24, 2.45) is 11.3 Å². The smallest absolute Gasteiger partial charge is 0.225 e. The largest absolute Gasteiger partial charge is 0.341 e. The molecule has 0 unspecified atom stereocenters. The summed E-state index contributed by atoms with van der Waals surface area (Å²) < 4.78 is 0. The van der Waals surface area contributed by atoms with E-state index in [4.69, 9.17) is 0 Å². The Balaban J connectivity index is 1.58. The predicted molar refractivity (Wildman–Crippen MR) is 49.2 cm³/mol. The first-order valence-electron chi connectivity index (χ1n) is 5.29. The van der Waals surface area contributed by atoms with Crippen LogP contribution in [0.4, 0.5) is 0 Å². The second kappa shape index (κ2) is 2.47. The van der Waals surface area contributed by atoms with Crippen LogP contribution in [0.3, 0.4) is 0 Å². The van der Waals surface area contributed by atoms with Crippen molar-refractivity contribution in [1.82, 2.24) is 10.2 Å². The Morgan fingerprint density at radius 3 is 2.69 bits per heavy atom. The lowest BCUT2D eigenvalue weighted by Gasteiger charge is -2.47. The monoisotopic (exact) mass is 180 g/mol. The number of nitrogens with zero attached hydrogens (tertiary/aromatic N) is 1. The molecule has 3 heteroatoms. The standard InChI is InChI=1S/C10H16N2O/c13-9(8-1-2-8)12-6-10(7-12)3-4-11-5-10/h8,11H,1-7H2. The Labute approximate surface area is 78.5 Å². The molecule has 0 bridgehead atoms. The molecule has 0 atom stereocenters. The summed E-state index contributed by atoms with van der Waals surface area (Å²) in [5.41, 5.74) is 0.477. The maximum Gasteiger partial charge on any atom is 0.225 e. The minimum absolute atomic E-state index is 0.409. The lowest BCUT2D eigenvalue weighted by Crippen LogP contribution is -2.59. The van der Waals surface area contributed by atoms with Crippen molar-refractivity contribution in [3.05, 3.63) is 0 Å². The van der Waals surface area contributed by atoms with E-state index >= 15 is 0 Å². The van der Waals surface area contributed by atoms with Crippen LogP contribution in [-0.2, 0) is 4.79 Å². The van der Waals surface area contributed by atoms with Crippen molar-refractivity contribution >= 4 is 5.91 Å². The van der Waals surface area contributed by atoms with Gasteiger partial charge in [-0.3, -0.25) is 4.79 Å². The lowest BCUT2D eigenvalue weighted by atomic mass is 9.79. The van der Waals surface area contributed by atoms with Crippen molar-refractivity contribution in [1.29, 1.82) is 0 Å². The van der Waals surface area contributed by atoms with E-state index in [9.17, 15) is 4.79 Å². The van der Waals surface area contributed by atoms with E-state index in [0.717, 1.165) is 39.0 Å². The van der Waals surface area contributed by atoms with Gasteiger partial charge in [0.25, 0.3) is 0 Å². The molecule has 0 aromatic carbocycles. The summed E-state index contributed by atoms with van der Waals surface area (Å²) in [6, 6.07) is 0.